The molecule has 3 atom stereocenters. The third-order valence-corrected chi connectivity index (χ3v) is 8.37. The van der Waals surface area contributed by atoms with Gasteiger partial charge in [-0.25, -0.2) is 4.79 Å². The molecule has 0 spiro atoms. The predicted molar refractivity (Wildman–Crippen MR) is 195 cm³/mol. The number of nitrogens with one attached hydrogen (secondary N) is 2. The summed E-state index contributed by atoms with van der Waals surface area (Å²) in [5.41, 5.74) is 0.800. The summed E-state index contributed by atoms with van der Waals surface area (Å²) in [6.45, 7) is 7.26. The molecule has 3 unspecified atom stereocenters. The number of carbonyl (C=O) groups excluding carboxylic acids is 5. The van der Waals surface area contributed by atoms with Gasteiger partial charge in [0.15, 0.2) is 0 Å². The van der Waals surface area contributed by atoms with E-state index in [9.17, 15) is 24.0 Å². The molecule has 3 aromatic carbocycles. The fourth-order valence-electron chi connectivity index (χ4n) is 5.66. The van der Waals surface area contributed by atoms with Crippen molar-refractivity contribution >= 4 is 40.5 Å². The zero-order valence-corrected chi connectivity index (χ0v) is 30.7. The second-order valence-electron chi connectivity index (χ2n) is 13.9. The summed E-state index contributed by atoms with van der Waals surface area (Å²) >= 11 is 0. The lowest BCUT2D eigenvalue weighted by atomic mass is 9.93. The van der Waals surface area contributed by atoms with Crippen LogP contribution in [0.25, 0.3) is 10.8 Å². The van der Waals surface area contributed by atoms with Crippen molar-refractivity contribution in [1.82, 2.24) is 25.3 Å². The van der Waals surface area contributed by atoms with E-state index in [1.807, 2.05) is 72.8 Å². The summed E-state index contributed by atoms with van der Waals surface area (Å²) in [4.78, 5) is 70.7. The first-order chi connectivity index (χ1) is 23.6. The SMILES string of the molecule is CC(=O)NCCCCC(NC(=O)C(Cc1ccccc1)N(C)C(=O)C(CN(C)C(=O)OC(C)(C)C)c1ccc2ccccc2c1)C(=O)N(C)C. The molecule has 3 rings (SSSR count). The van der Waals surface area contributed by atoms with Gasteiger partial charge in [-0.05, 0) is 61.9 Å². The number of nitrogens with zero attached hydrogens (tertiary/aromatic N) is 3. The summed E-state index contributed by atoms with van der Waals surface area (Å²) in [6.07, 6.45) is 1.22. The van der Waals surface area contributed by atoms with E-state index in [0.717, 1.165) is 16.3 Å². The van der Waals surface area contributed by atoms with Crippen molar-refractivity contribution in [3.8, 4) is 0 Å². The zero-order valence-electron chi connectivity index (χ0n) is 30.7. The van der Waals surface area contributed by atoms with E-state index in [1.165, 1.54) is 21.6 Å². The number of unbranched alkanes of at least 4 members (excludes halogenated alkanes) is 1. The van der Waals surface area contributed by atoms with E-state index in [-0.39, 0.29) is 30.7 Å². The summed E-state index contributed by atoms with van der Waals surface area (Å²) < 4.78 is 5.60. The summed E-state index contributed by atoms with van der Waals surface area (Å²) in [5, 5.41) is 7.64. The number of ether oxygens (including phenoxy) is 1. The highest BCUT2D eigenvalue weighted by molar-refractivity contribution is 5.94. The average molecular weight is 688 g/mol. The number of likely N-dealkylation sites (N-methyl/N-ethyl adjacent to an activating group) is 3. The van der Waals surface area contributed by atoms with Crippen LogP contribution < -0.4 is 10.6 Å². The van der Waals surface area contributed by atoms with E-state index < -0.39 is 35.6 Å². The minimum atomic E-state index is -0.975. The van der Waals surface area contributed by atoms with Crippen LogP contribution in [0.15, 0.2) is 72.8 Å². The van der Waals surface area contributed by atoms with Crippen LogP contribution in [-0.2, 0) is 30.3 Å². The Hall–Kier alpha value is -4.93. The summed E-state index contributed by atoms with van der Waals surface area (Å²) in [6, 6.07) is 21.2. The molecule has 0 heterocycles. The van der Waals surface area contributed by atoms with Crippen molar-refractivity contribution in [2.45, 2.75) is 77.0 Å². The highest BCUT2D eigenvalue weighted by atomic mass is 16.6. The third-order valence-electron chi connectivity index (χ3n) is 8.37. The van der Waals surface area contributed by atoms with Crippen molar-refractivity contribution in [2.75, 3.05) is 41.3 Å². The highest BCUT2D eigenvalue weighted by Crippen LogP contribution is 2.26. The first-order valence-corrected chi connectivity index (χ1v) is 17.1. The van der Waals surface area contributed by atoms with E-state index in [4.69, 9.17) is 4.74 Å². The maximum Gasteiger partial charge on any atom is 0.410 e. The molecule has 11 nitrogen and oxygen atoms in total. The van der Waals surface area contributed by atoms with Gasteiger partial charge in [0.2, 0.25) is 23.6 Å². The van der Waals surface area contributed by atoms with Crippen LogP contribution in [-0.4, -0.2) is 103 Å². The maximum absolute atomic E-state index is 14.6. The first kappa shape index (κ1) is 39.5. The number of hydrogen-bond acceptors (Lipinski definition) is 6. The summed E-state index contributed by atoms with van der Waals surface area (Å²) in [7, 11) is 6.44. The second-order valence-corrected chi connectivity index (χ2v) is 13.9. The van der Waals surface area contributed by atoms with Crippen LogP contribution in [0.5, 0.6) is 0 Å². The minimum Gasteiger partial charge on any atom is -0.444 e. The Balaban J connectivity index is 1.97. The van der Waals surface area contributed by atoms with Gasteiger partial charge in [0.05, 0.1) is 5.92 Å². The molecule has 0 aliphatic rings. The molecule has 0 fully saturated rings. The second kappa shape index (κ2) is 18.2. The lowest BCUT2D eigenvalue weighted by Crippen LogP contribution is -2.55. The number of hydrogen-bond donors (Lipinski definition) is 2. The van der Waals surface area contributed by atoms with Crippen LogP contribution in [0, 0.1) is 0 Å². The molecule has 0 aliphatic carbocycles. The molecule has 0 saturated carbocycles. The van der Waals surface area contributed by atoms with Gasteiger partial charge in [-0.15, -0.1) is 0 Å². The van der Waals surface area contributed by atoms with Crippen molar-refractivity contribution in [3.63, 3.8) is 0 Å². The van der Waals surface area contributed by atoms with Crippen molar-refractivity contribution in [2.24, 2.45) is 0 Å². The normalized spacial score (nSPS) is 13.0. The van der Waals surface area contributed by atoms with Gasteiger partial charge < -0.3 is 30.1 Å². The number of benzene rings is 3. The Bertz CT molecular complexity index is 1620. The van der Waals surface area contributed by atoms with Gasteiger partial charge in [0.25, 0.3) is 0 Å². The molecule has 3 aromatic rings. The molecule has 11 heteroatoms. The molecule has 0 radical (unpaired) electrons. The smallest absolute Gasteiger partial charge is 0.410 e. The zero-order chi connectivity index (χ0) is 37.0. The topological polar surface area (TPSA) is 128 Å². The lowest BCUT2D eigenvalue weighted by Gasteiger charge is -2.34. The van der Waals surface area contributed by atoms with Gasteiger partial charge in [-0.1, -0.05) is 72.8 Å². The van der Waals surface area contributed by atoms with Gasteiger partial charge in [0, 0.05) is 54.6 Å². The number of amides is 5. The monoisotopic (exact) mass is 687 g/mol. The quantitative estimate of drug-likeness (QED) is 0.222. The molecular formula is C39H53N5O6. The molecular weight excluding hydrogens is 634 g/mol. The minimum absolute atomic E-state index is 0.00609. The molecule has 5 amide bonds. The lowest BCUT2D eigenvalue weighted by molar-refractivity contribution is -0.142. The van der Waals surface area contributed by atoms with E-state index >= 15 is 0 Å². The molecule has 0 aliphatic heterocycles. The molecule has 270 valence electrons. The molecule has 2 N–H and O–H groups in total. The maximum atomic E-state index is 14.6. The fourth-order valence-corrected chi connectivity index (χ4v) is 5.66. The standard InChI is InChI=1S/C39H53N5O6/c1-27(45)40-23-15-14-20-33(37(48)42(5)6)41-35(46)34(24-28-16-10-9-11-17-28)44(8)36(47)32(26-43(7)38(49)50-39(2,3)4)31-22-21-29-18-12-13-19-30(29)25-31/h9-13,16-19,21-22,25,32-34H,14-15,20,23-24,26H2,1-8H3,(H,40,45)(H,41,46). The molecule has 50 heavy (non-hydrogen) atoms. The predicted octanol–water partition coefficient (Wildman–Crippen LogP) is 4.74. The fraction of sp³-hybridized carbons (Fsp3) is 0.462. The third kappa shape index (κ3) is 11.9. The number of carbonyl (C=O) groups is 5. The number of rotatable bonds is 15. The Morgan fingerprint density at radius 2 is 1.44 bits per heavy atom. The van der Waals surface area contributed by atoms with Crippen LogP contribution in [0.4, 0.5) is 4.79 Å². The Labute approximate surface area is 296 Å². The Kier molecular flexibility index (Phi) is 14.4. The van der Waals surface area contributed by atoms with E-state index in [0.29, 0.717) is 31.4 Å². The van der Waals surface area contributed by atoms with Gasteiger partial charge >= 0.3 is 6.09 Å². The Morgan fingerprint density at radius 1 is 0.800 bits per heavy atom. The molecule has 0 saturated heterocycles. The summed E-state index contributed by atoms with van der Waals surface area (Å²) in [5.74, 6) is -2.06. The molecule has 0 bridgehead atoms. The van der Waals surface area contributed by atoms with E-state index in [2.05, 4.69) is 10.6 Å². The number of fused-ring (bicyclic) bond motifs is 1. The highest BCUT2D eigenvalue weighted by Gasteiger charge is 2.36. The van der Waals surface area contributed by atoms with Crippen molar-refractivity contribution in [1.29, 1.82) is 0 Å². The van der Waals surface area contributed by atoms with Crippen LogP contribution in [0.2, 0.25) is 0 Å². The average Bonchev–Trinajstić information content (AvgIpc) is 3.07. The van der Waals surface area contributed by atoms with E-state index in [1.54, 1.807) is 49.0 Å². The van der Waals surface area contributed by atoms with Gasteiger partial charge in [0.1, 0.15) is 17.7 Å². The van der Waals surface area contributed by atoms with Crippen LogP contribution in [0.3, 0.4) is 0 Å². The van der Waals surface area contributed by atoms with Crippen molar-refractivity contribution < 1.29 is 28.7 Å². The van der Waals surface area contributed by atoms with Crippen LogP contribution in [0.1, 0.15) is 64.0 Å². The van der Waals surface area contributed by atoms with Gasteiger partial charge in [-0.3, -0.25) is 19.2 Å². The largest absolute Gasteiger partial charge is 0.444 e. The molecule has 0 aromatic heterocycles. The van der Waals surface area contributed by atoms with Gasteiger partial charge in [-0.2, -0.15) is 0 Å². The van der Waals surface area contributed by atoms with Crippen LogP contribution >= 0.6 is 0 Å². The first-order valence-electron chi connectivity index (χ1n) is 17.1. The Morgan fingerprint density at radius 3 is 2.06 bits per heavy atom. The van der Waals surface area contributed by atoms with Crippen molar-refractivity contribution in [3.05, 3.63) is 83.9 Å².